The fourth-order valence-electron chi connectivity index (χ4n) is 3.55. The molecule has 24 heavy (non-hydrogen) atoms. The molecule has 3 aliphatic rings. The third-order valence-electron chi connectivity index (χ3n) is 4.68. The summed E-state index contributed by atoms with van der Waals surface area (Å²) < 4.78 is 5.63. The predicted molar refractivity (Wildman–Crippen MR) is 88.4 cm³/mol. The Hall–Kier alpha value is -2.05. The molecule has 0 spiro atoms. The van der Waals surface area contributed by atoms with Gasteiger partial charge in [0, 0.05) is 18.2 Å². The Labute approximate surface area is 144 Å². The van der Waals surface area contributed by atoms with E-state index in [1.54, 1.807) is 11.0 Å². The number of nitrogens with zero attached hydrogens (tertiary/aromatic N) is 1. The number of hydrogen-bond acceptors (Lipinski definition) is 3. The average molecular weight is 348 g/mol. The zero-order chi connectivity index (χ0) is 16.7. The number of nitrogens with one attached hydrogen (secondary N) is 2. The van der Waals surface area contributed by atoms with Crippen molar-refractivity contribution in [2.45, 2.75) is 25.0 Å². The number of urea groups is 1. The normalized spacial score (nSPS) is 26.5. The van der Waals surface area contributed by atoms with Gasteiger partial charge in [-0.25, -0.2) is 4.79 Å². The van der Waals surface area contributed by atoms with Crippen LogP contribution in [-0.2, 0) is 9.53 Å². The molecule has 1 fully saturated rings. The van der Waals surface area contributed by atoms with Crippen molar-refractivity contribution in [2.75, 3.05) is 19.7 Å². The molecule has 0 radical (unpaired) electrons. The van der Waals surface area contributed by atoms with Gasteiger partial charge >= 0.3 is 6.03 Å². The van der Waals surface area contributed by atoms with Gasteiger partial charge in [0.2, 0.25) is 0 Å². The lowest BCUT2D eigenvalue weighted by Crippen LogP contribution is -2.44. The molecule has 4 rings (SSSR count). The minimum Gasteiger partial charge on any atom is -0.376 e. The van der Waals surface area contributed by atoms with Gasteiger partial charge in [0.15, 0.2) is 0 Å². The summed E-state index contributed by atoms with van der Waals surface area (Å²) in [5.74, 6) is -0.0714. The first kappa shape index (κ1) is 15.5. The predicted octanol–water partition coefficient (Wildman–Crippen LogP) is 1.97. The molecule has 2 N–H and O–H groups in total. The van der Waals surface area contributed by atoms with Gasteiger partial charge in [0.1, 0.15) is 0 Å². The number of rotatable bonds is 3. The van der Waals surface area contributed by atoms with Gasteiger partial charge in [0.25, 0.3) is 5.91 Å². The Balaban J connectivity index is 1.62. The van der Waals surface area contributed by atoms with E-state index in [-0.39, 0.29) is 18.0 Å². The lowest BCUT2D eigenvalue weighted by molar-refractivity contribution is -0.127. The minimum atomic E-state index is -0.524. The van der Waals surface area contributed by atoms with Crippen LogP contribution in [0.4, 0.5) is 4.79 Å². The van der Waals surface area contributed by atoms with E-state index >= 15 is 0 Å². The minimum absolute atomic E-state index is 0.0714. The smallest absolute Gasteiger partial charge is 0.319 e. The van der Waals surface area contributed by atoms with E-state index in [4.69, 9.17) is 16.3 Å². The second-order valence-electron chi connectivity index (χ2n) is 6.27. The molecule has 0 unspecified atom stereocenters. The summed E-state index contributed by atoms with van der Waals surface area (Å²) >= 11 is 6.28. The summed E-state index contributed by atoms with van der Waals surface area (Å²) in [6.45, 7) is 1.71. The Morgan fingerprint density at radius 1 is 1.29 bits per heavy atom. The molecule has 0 aliphatic carbocycles. The molecule has 1 aromatic carbocycles. The zero-order valence-corrected chi connectivity index (χ0v) is 13.8. The number of carbonyl (C=O) groups excluding carboxylic acids is 2. The van der Waals surface area contributed by atoms with Crippen molar-refractivity contribution >= 4 is 23.5 Å². The highest BCUT2D eigenvalue weighted by atomic mass is 35.5. The number of ether oxygens (including phenoxy) is 1. The first-order valence-corrected chi connectivity index (χ1v) is 8.47. The highest BCUT2D eigenvalue weighted by molar-refractivity contribution is 6.31. The number of amides is 3. The second kappa shape index (κ2) is 6.11. The first-order chi connectivity index (χ1) is 11.6. The van der Waals surface area contributed by atoms with Crippen molar-refractivity contribution in [1.82, 2.24) is 15.5 Å². The van der Waals surface area contributed by atoms with Crippen molar-refractivity contribution < 1.29 is 14.3 Å². The van der Waals surface area contributed by atoms with Gasteiger partial charge < -0.3 is 20.3 Å². The van der Waals surface area contributed by atoms with E-state index in [0.29, 0.717) is 29.4 Å². The fraction of sp³-hybridized carbons (Fsp3) is 0.412. The second-order valence-corrected chi connectivity index (χ2v) is 6.67. The summed E-state index contributed by atoms with van der Waals surface area (Å²) in [5, 5.41) is 6.11. The van der Waals surface area contributed by atoms with Gasteiger partial charge in [-0.15, -0.1) is 0 Å². The van der Waals surface area contributed by atoms with E-state index in [2.05, 4.69) is 10.6 Å². The molecule has 1 aromatic rings. The van der Waals surface area contributed by atoms with Crippen LogP contribution in [0.3, 0.4) is 0 Å². The fourth-order valence-corrected chi connectivity index (χ4v) is 3.80. The van der Waals surface area contributed by atoms with E-state index in [1.165, 1.54) is 0 Å². The largest absolute Gasteiger partial charge is 0.376 e. The Bertz CT molecular complexity index is 728. The summed E-state index contributed by atoms with van der Waals surface area (Å²) in [5.41, 5.74) is 1.96. The molecule has 7 heteroatoms. The molecule has 0 saturated carbocycles. The maximum Gasteiger partial charge on any atom is 0.319 e. The van der Waals surface area contributed by atoms with Crippen molar-refractivity contribution in [2.24, 2.45) is 0 Å². The summed E-state index contributed by atoms with van der Waals surface area (Å²) in [6, 6.07) is 6.42. The third-order valence-corrected chi connectivity index (χ3v) is 5.03. The van der Waals surface area contributed by atoms with Crippen LogP contribution < -0.4 is 10.6 Å². The van der Waals surface area contributed by atoms with Gasteiger partial charge in [0.05, 0.1) is 30.0 Å². The lowest BCUT2D eigenvalue weighted by Gasteiger charge is -2.26. The molecule has 3 heterocycles. The summed E-state index contributed by atoms with van der Waals surface area (Å²) in [4.78, 5) is 26.7. The Kier molecular flexibility index (Phi) is 3.94. The molecule has 0 bridgehead atoms. The van der Waals surface area contributed by atoms with Crippen LogP contribution in [-0.4, -0.2) is 42.6 Å². The van der Waals surface area contributed by atoms with Crippen molar-refractivity contribution in [3.63, 3.8) is 0 Å². The van der Waals surface area contributed by atoms with Crippen LogP contribution in [0, 0.1) is 0 Å². The maximum atomic E-state index is 12.9. The van der Waals surface area contributed by atoms with E-state index < -0.39 is 6.04 Å². The standard InChI is InChI=1S/C17H18ClN3O3/c18-12-6-2-1-5-11(12)15-14-13(19-17(23)20-15)9-21(16(14)22)8-10-4-3-7-24-10/h1-2,5-6,10,15H,3-4,7-9H2,(H2,19,20,23)/t10-,15+/m0/s1. The van der Waals surface area contributed by atoms with Crippen LogP contribution in [0.2, 0.25) is 5.02 Å². The number of hydrogen-bond donors (Lipinski definition) is 2. The van der Waals surface area contributed by atoms with Crippen LogP contribution in [0.5, 0.6) is 0 Å². The first-order valence-electron chi connectivity index (χ1n) is 8.09. The third kappa shape index (κ3) is 2.65. The van der Waals surface area contributed by atoms with E-state index in [0.717, 1.165) is 25.0 Å². The number of carbonyl (C=O) groups is 2. The molecule has 1 saturated heterocycles. The highest BCUT2D eigenvalue weighted by Crippen LogP contribution is 2.35. The number of halogens is 1. The van der Waals surface area contributed by atoms with Crippen molar-refractivity contribution in [3.8, 4) is 0 Å². The Morgan fingerprint density at radius 3 is 2.88 bits per heavy atom. The molecule has 6 nitrogen and oxygen atoms in total. The van der Waals surface area contributed by atoms with Crippen molar-refractivity contribution in [3.05, 3.63) is 46.1 Å². The topological polar surface area (TPSA) is 70.7 Å². The van der Waals surface area contributed by atoms with E-state index in [1.807, 2.05) is 18.2 Å². The van der Waals surface area contributed by atoms with Gasteiger partial charge in [-0.05, 0) is 24.5 Å². The van der Waals surface area contributed by atoms with Crippen molar-refractivity contribution in [1.29, 1.82) is 0 Å². The molecule has 126 valence electrons. The van der Waals surface area contributed by atoms with Gasteiger partial charge in [-0.1, -0.05) is 29.8 Å². The molecule has 3 aliphatic heterocycles. The summed E-state index contributed by atoms with van der Waals surface area (Å²) in [6.07, 6.45) is 2.07. The number of benzene rings is 1. The quantitative estimate of drug-likeness (QED) is 0.878. The molecular weight excluding hydrogens is 330 g/mol. The lowest BCUT2D eigenvalue weighted by atomic mass is 9.96. The highest BCUT2D eigenvalue weighted by Gasteiger charge is 2.41. The van der Waals surface area contributed by atoms with Crippen LogP contribution in [0.15, 0.2) is 35.5 Å². The van der Waals surface area contributed by atoms with Crippen LogP contribution in [0.25, 0.3) is 0 Å². The summed E-state index contributed by atoms with van der Waals surface area (Å²) in [7, 11) is 0. The maximum absolute atomic E-state index is 12.9. The van der Waals surface area contributed by atoms with E-state index in [9.17, 15) is 9.59 Å². The molecule has 2 atom stereocenters. The zero-order valence-electron chi connectivity index (χ0n) is 13.0. The van der Waals surface area contributed by atoms with Gasteiger partial charge in [-0.2, -0.15) is 0 Å². The average Bonchev–Trinajstić information content (AvgIpc) is 3.16. The van der Waals surface area contributed by atoms with Crippen LogP contribution in [0.1, 0.15) is 24.4 Å². The molecular formula is C17H18ClN3O3. The SMILES string of the molecule is O=C1NC2=C(C(=O)N(C[C@@H]3CCCO3)C2)[C@@H](c2ccccc2Cl)N1. The molecule has 3 amide bonds. The molecule has 0 aromatic heterocycles. The Morgan fingerprint density at radius 2 is 2.12 bits per heavy atom. The van der Waals surface area contributed by atoms with Crippen LogP contribution >= 0.6 is 11.6 Å². The monoisotopic (exact) mass is 347 g/mol. The van der Waals surface area contributed by atoms with Gasteiger partial charge in [-0.3, -0.25) is 4.79 Å².